The number of cyclic esters (lactones) is 1. The van der Waals surface area contributed by atoms with E-state index in [0.29, 0.717) is 24.2 Å². The van der Waals surface area contributed by atoms with Crippen LogP contribution in [0.4, 0.5) is 0 Å². The van der Waals surface area contributed by atoms with Gasteiger partial charge >= 0.3 is 5.97 Å². The lowest BCUT2D eigenvalue weighted by Gasteiger charge is -2.38. The number of benzene rings is 3. The van der Waals surface area contributed by atoms with Gasteiger partial charge in [-0.3, -0.25) is 0 Å². The van der Waals surface area contributed by atoms with Crippen molar-refractivity contribution in [2.24, 2.45) is 0 Å². The molecule has 6 nitrogen and oxygen atoms in total. The normalized spacial score (nSPS) is 17.7. The first-order chi connectivity index (χ1) is 18.5. The Labute approximate surface area is 234 Å². The lowest BCUT2D eigenvalue weighted by molar-refractivity contribution is -0.160. The Morgan fingerprint density at radius 2 is 1.72 bits per heavy atom. The van der Waals surface area contributed by atoms with E-state index in [1.807, 2.05) is 76.2 Å². The Morgan fingerprint density at radius 3 is 2.33 bits per heavy atom. The molecule has 1 unspecified atom stereocenters. The lowest BCUT2D eigenvalue weighted by Crippen LogP contribution is -2.38. The second-order valence-electron chi connectivity index (χ2n) is 10.9. The summed E-state index contributed by atoms with van der Waals surface area (Å²) in [5.41, 5.74) is 2.08. The topological polar surface area (TPSA) is 96.2 Å². The molecule has 3 N–H and O–H groups in total. The molecule has 7 heteroatoms. The number of aliphatic hydroxyl groups excluding tert-OH is 2. The summed E-state index contributed by atoms with van der Waals surface area (Å²) >= 11 is 1.18. The van der Waals surface area contributed by atoms with Crippen molar-refractivity contribution in [1.82, 2.24) is 0 Å². The molecular weight excluding hydrogens is 512 g/mol. The Balaban J connectivity index is 1.70. The van der Waals surface area contributed by atoms with Crippen LogP contribution in [-0.4, -0.2) is 34.5 Å². The molecule has 39 heavy (non-hydrogen) atoms. The van der Waals surface area contributed by atoms with Crippen molar-refractivity contribution < 1.29 is 29.6 Å². The standard InChI is InChI=1S/C32H36O6S/c1-21-18-28(25(19-26(21)34)31(2,3)4)39-29-27(35)20-32(38-30(29)36,15-14-22-8-6-5-7-9-22)23-10-12-24(13-11-23)37-17-16-33/h5-13,18-19,33-35H,14-17,20H2,1-4H3. The number of aromatic hydroxyl groups is 1. The van der Waals surface area contributed by atoms with Crippen molar-refractivity contribution in [2.75, 3.05) is 13.2 Å². The summed E-state index contributed by atoms with van der Waals surface area (Å²) in [6.07, 6.45) is 1.26. The number of phenolic OH excluding ortho intramolecular Hbond substituents is 1. The minimum atomic E-state index is -1.06. The van der Waals surface area contributed by atoms with Crippen LogP contribution in [0.2, 0.25) is 0 Å². The number of carbonyl (C=O) groups excluding carboxylic acids is 1. The maximum absolute atomic E-state index is 13.6. The lowest BCUT2D eigenvalue weighted by atomic mass is 9.82. The minimum Gasteiger partial charge on any atom is -0.511 e. The van der Waals surface area contributed by atoms with E-state index < -0.39 is 11.6 Å². The summed E-state index contributed by atoms with van der Waals surface area (Å²) in [7, 11) is 0. The molecule has 0 aliphatic carbocycles. The molecule has 4 rings (SSSR count). The Morgan fingerprint density at radius 1 is 1.03 bits per heavy atom. The van der Waals surface area contributed by atoms with Crippen molar-refractivity contribution in [3.8, 4) is 11.5 Å². The van der Waals surface area contributed by atoms with Gasteiger partial charge in [-0.2, -0.15) is 0 Å². The van der Waals surface area contributed by atoms with E-state index in [2.05, 4.69) is 0 Å². The second-order valence-corrected chi connectivity index (χ2v) is 12.0. The second kappa shape index (κ2) is 11.8. The number of aryl methyl sites for hydroxylation is 2. The highest BCUT2D eigenvalue weighted by Crippen LogP contribution is 2.47. The molecule has 0 aromatic heterocycles. The molecule has 0 radical (unpaired) electrons. The number of thioether (sulfide) groups is 1. The fraction of sp³-hybridized carbons (Fsp3) is 0.344. The molecular formula is C32H36O6S. The molecule has 0 bridgehead atoms. The van der Waals surface area contributed by atoms with E-state index >= 15 is 0 Å². The number of rotatable bonds is 9. The SMILES string of the molecule is Cc1cc(SC2=C(O)CC(CCc3ccccc3)(c3ccc(OCCO)cc3)OC2=O)c(C(C)(C)C)cc1O. The average Bonchev–Trinajstić information content (AvgIpc) is 2.90. The third kappa shape index (κ3) is 6.60. The first-order valence-electron chi connectivity index (χ1n) is 13.1. The highest BCUT2D eigenvalue weighted by molar-refractivity contribution is 8.04. The average molecular weight is 549 g/mol. The number of carbonyl (C=O) groups is 1. The summed E-state index contributed by atoms with van der Waals surface area (Å²) in [5, 5.41) is 30.7. The molecule has 1 atom stereocenters. The molecule has 0 amide bonds. The summed E-state index contributed by atoms with van der Waals surface area (Å²) in [5.74, 6) is 0.195. The Kier molecular flexibility index (Phi) is 8.62. The molecule has 3 aromatic carbocycles. The smallest absolute Gasteiger partial charge is 0.349 e. The summed E-state index contributed by atoms with van der Waals surface area (Å²) in [6.45, 7) is 8.02. The van der Waals surface area contributed by atoms with Crippen LogP contribution in [0.1, 0.15) is 55.9 Å². The zero-order chi connectivity index (χ0) is 28.2. The third-order valence-electron chi connectivity index (χ3n) is 6.91. The predicted octanol–water partition coefficient (Wildman–Crippen LogP) is 6.71. The maximum Gasteiger partial charge on any atom is 0.349 e. The van der Waals surface area contributed by atoms with E-state index in [1.54, 1.807) is 18.2 Å². The van der Waals surface area contributed by atoms with E-state index in [4.69, 9.17) is 14.6 Å². The van der Waals surface area contributed by atoms with Crippen LogP contribution < -0.4 is 4.74 Å². The molecule has 1 aliphatic heterocycles. The van der Waals surface area contributed by atoms with Crippen molar-refractivity contribution in [3.05, 3.63) is 99.6 Å². The van der Waals surface area contributed by atoms with Crippen molar-refractivity contribution in [2.45, 2.75) is 62.9 Å². The molecule has 0 saturated carbocycles. The molecule has 0 saturated heterocycles. The maximum atomic E-state index is 13.6. The van der Waals surface area contributed by atoms with Gasteiger partial charge in [0.1, 0.15) is 34.4 Å². The molecule has 206 valence electrons. The fourth-order valence-corrected chi connectivity index (χ4v) is 5.98. The van der Waals surface area contributed by atoms with E-state index in [0.717, 1.165) is 21.6 Å². The zero-order valence-electron chi connectivity index (χ0n) is 22.9. The molecule has 1 aliphatic rings. The third-order valence-corrected chi connectivity index (χ3v) is 8.07. The van der Waals surface area contributed by atoms with Crippen molar-refractivity contribution >= 4 is 17.7 Å². The van der Waals surface area contributed by atoms with Crippen LogP contribution in [0, 0.1) is 6.92 Å². The van der Waals surface area contributed by atoms with E-state index in [-0.39, 0.29) is 41.5 Å². The number of ether oxygens (including phenoxy) is 2. The minimum absolute atomic E-state index is 0.0181. The van der Waals surface area contributed by atoms with Crippen LogP contribution in [0.15, 0.2) is 82.3 Å². The highest BCUT2D eigenvalue weighted by Gasteiger charge is 2.44. The van der Waals surface area contributed by atoms with Crippen LogP contribution in [0.5, 0.6) is 11.5 Å². The summed E-state index contributed by atoms with van der Waals surface area (Å²) in [6, 6.07) is 20.8. The van der Waals surface area contributed by atoms with Crippen molar-refractivity contribution in [3.63, 3.8) is 0 Å². The summed E-state index contributed by atoms with van der Waals surface area (Å²) in [4.78, 5) is 14.5. The van der Waals surface area contributed by atoms with Gasteiger partial charge in [0.15, 0.2) is 0 Å². The van der Waals surface area contributed by atoms with Crippen molar-refractivity contribution in [1.29, 1.82) is 0 Å². The highest BCUT2D eigenvalue weighted by atomic mass is 32.2. The number of phenols is 1. The number of hydrogen-bond acceptors (Lipinski definition) is 7. The number of aliphatic hydroxyl groups is 2. The van der Waals surface area contributed by atoms with Gasteiger partial charge in [-0.05, 0) is 71.7 Å². The van der Waals surface area contributed by atoms with Gasteiger partial charge in [-0.25, -0.2) is 4.79 Å². The zero-order valence-corrected chi connectivity index (χ0v) is 23.7. The first kappa shape index (κ1) is 28.6. The monoisotopic (exact) mass is 548 g/mol. The van der Waals surface area contributed by atoms with Gasteiger partial charge in [-0.1, -0.05) is 75.0 Å². The number of hydrogen-bond donors (Lipinski definition) is 3. The van der Waals surface area contributed by atoms with Gasteiger partial charge in [0, 0.05) is 4.90 Å². The van der Waals surface area contributed by atoms with Crippen LogP contribution in [0.25, 0.3) is 0 Å². The van der Waals surface area contributed by atoms with E-state index in [9.17, 15) is 15.0 Å². The van der Waals surface area contributed by atoms with Gasteiger partial charge < -0.3 is 24.8 Å². The first-order valence-corrected chi connectivity index (χ1v) is 13.9. The van der Waals surface area contributed by atoms with Gasteiger partial charge in [-0.15, -0.1) is 0 Å². The van der Waals surface area contributed by atoms with Gasteiger partial charge in [0.25, 0.3) is 0 Å². The van der Waals surface area contributed by atoms with Crippen LogP contribution in [-0.2, 0) is 27.0 Å². The molecule has 0 spiro atoms. The van der Waals surface area contributed by atoms with Crippen LogP contribution in [0.3, 0.4) is 0 Å². The Bertz CT molecular complexity index is 1340. The largest absolute Gasteiger partial charge is 0.511 e. The summed E-state index contributed by atoms with van der Waals surface area (Å²) < 4.78 is 11.7. The van der Waals surface area contributed by atoms with Crippen LogP contribution >= 0.6 is 11.8 Å². The molecule has 3 aromatic rings. The molecule has 0 fully saturated rings. The number of esters is 1. The van der Waals surface area contributed by atoms with Gasteiger partial charge in [0.2, 0.25) is 0 Å². The predicted molar refractivity (Wildman–Crippen MR) is 153 cm³/mol. The fourth-order valence-electron chi connectivity index (χ4n) is 4.73. The Hall–Kier alpha value is -3.42. The quantitative estimate of drug-likeness (QED) is 0.256. The molecule has 1 heterocycles. The van der Waals surface area contributed by atoms with E-state index in [1.165, 1.54) is 11.8 Å². The van der Waals surface area contributed by atoms with Gasteiger partial charge in [0.05, 0.1) is 13.0 Å².